The molecular formula is C22H23F4N7O. The number of nitrogens with zero attached hydrogens (tertiary/aromatic N) is 6. The highest BCUT2D eigenvalue weighted by Crippen LogP contribution is 2.29. The second-order valence-corrected chi connectivity index (χ2v) is 8.38. The van der Waals surface area contributed by atoms with Gasteiger partial charge in [0.15, 0.2) is 5.65 Å². The summed E-state index contributed by atoms with van der Waals surface area (Å²) in [5, 5.41) is 7.78. The van der Waals surface area contributed by atoms with Crippen molar-refractivity contribution in [2.24, 2.45) is 0 Å². The van der Waals surface area contributed by atoms with Crippen molar-refractivity contribution in [3.63, 3.8) is 0 Å². The zero-order valence-electron chi connectivity index (χ0n) is 18.3. The van der Waals surface area contributed by atoms with Gasteiger partial charge in [0.05, 0.1) is 29.9 Å². The molecule has 0 unspecified atom stereocenters. The number of aromatic nitrogens is 6. The first kappa shape index (κ1) is 22.5. The number of ether oxygens (including phenoxy) is 1. The molecule has 0 spiro atoms. The average Bonchev–Trinajstić information content (AvgIpc) is 3.34. The van der Waals surface area contributed by atoms with Crippen molar-refractivity contribution in [2.45, 2.75) is 64.3 Å². The molecule has 180 valence electrons. The Morgan fingerprint density at radius 1 is 1.09 bits per heavy atom. The monoisotopic (exact) mass is 477 g/mol. The maximum atomic E-state index is 13.0. The van der Waals surface area contributed by atoms with E-state index in [-0.39, 0.29) is 6.04 Å². The lowest BCUT2D eigenvalue weighted by molar-refractivity contribution is -0.169. The molecule has 1 N–H and O–H groups in total. The first-order valence-electron chi connectivity index (χ1n) is 11.0. The van der Waals surface area contributed by atoms with E-state index in [1.807, 2.05) is 6.07 Å². The molecule has 1 fully saturated rings. The third-order valence-electron chi connectivity index (χ3n) is 6.15. The molecule has 0 atom stereocenters. The Balaban J connectivity index is 1.35. The molecule has 5 rings (SSSR count). The van der Waals surface area contributed by atoms with E-state index in [4.69, 9.17) is 0 Å². The van der Waals surface area contributed by atoms with Crippen LogP contribution in [0.1, 0.15) is 31.5 Å². The number of imidazole rings is 1. The molecule has 1 aliphatic carbocycles. The number of aryl methyl sites for hydroxylation is 1. The number of fused-ring (bicyclic) bond motifs is 2. The van der Waals surface area contributed by atoms with Gasteiger partial charge in [-0.25, -0.2) is 28.2 Å². The van der Waals surface area contributed by atoms with Gasteiger partial charge in [-0.2, -0.15) is 8.78 Å². The van der Waals surface area contributed by atoms with Crippen LogP contribution in [-0.2, 0) is 11.3 Å². The molecule has 4 heterocycles. The highest BCUT2D eigenvalue weighted by molar-refractivity contribution is 5.85. The van der Waals surface area contributed by atoms with Gasteiger partial charge in [-0.05, 0) is 44.7 Å². The van der Waals surface area contributed by atoms with Crippen LogP contribution in [0.3, 0.4) is 0 Å². The SMILES string of the molecule is Cc1nc2ncc(-c3ccn4nc(N[C@H]5CC[C@@H](OC(F)F)CC5)ncc34)cc2n1CC(F)F. The van der Waals surface area contributed by atoms with Crippen LogP contribution in [0.25, 0.3) is 27.8 Å². The number of alkyl halides is 4. The van der Waals surface area contributed by atoms with Crippen molar-refractivity contribution >= 4 is 22.6 Å². The Hall–Kier alpha value is -3.28. The number of halogens is 4. The van der Waals surface area contributed by atoms with Crippen molar-refractivity contribution in [1.29, 1.82) is 0 Å². The predicted octanol–water partition coefficient (Wildman–Crippen LogP) is 4.68. The highest BCUT2D eigenvalue weighted by Gasteiger charge is 2.24. The maximum Gasteiger partial charge on any atom is 0.345 e. The molecule has 4 aromatic rings. The van der Waals surface area contributed by atoms with Crippen molar-refractivity contribution in [3.05, 3.63) is 36.5 Å². The van der Waals surface area contributed by atoms with Gasteiger partial charge in [-0.15, -0.1) is 5.10 Å². The third kappa shape index (κ3) is 4.54. The molecule has 12 heteroatoms. The normalized spacial score (nSPS) is 19.0. The zero-order valence-corrected chi connectivity index (χ0v) is 18.3. The molecule has 0 amide bonds. The molecule has 0 aliphatic heterocycles. The highest BCUT2D eigenvalue weighted by atomic mass is 19.3. The van der Waals surface area contributed by atoms with Crippen LogP contribution in [0.2, 0.25) is 0 Å². The number of hydrogen-bond donors (Lipinski definition) is 1. The lowest BCUT2D eigenvalue weighted by Gasteiger charge is -2.28. The molecule has 4 aromatic heterocycles. The number of nitrogens with one attached hydrogen (secondary N) is 1. The Morgan fingerprint density at radius 2 is 1.88 bits per heavy atom. The first-order valence-corrected chi connectivity index (χ1v) is 11.0. The van der Waals surface area contributed by atoms with Crippen molar-refractivity contribution in [3.8, 4) is 11.1 Å². The fourth-order valence-electron chi connectivity index (χ4n) is 4.52. The van der Waals surface area contributed by atoms with Crippen LogP contribution >= 0.6 is 0 Å². The summed E-state index contributed by atoms with van der Waals surface area (Å²) in [4.78, 5) is 13.0. The topological polar surface area (TPSA) is 82.2 Å². The van der Waals surface area contributed by atoms with E-state index < -0.39 is 25.7 Å². The molecule has 0 saturated heterocycles. The summed E-state index contributed by atoms with van der Waals surface area (Å²) in [6, 6.07) is 3.74. The first-order chi connectivity index (χ1) is 16.4. The second-order valence-electron chi connectivity index (χ2n) is 8.38. The van der Waals surface area contributed by atoms with E-state index in [1.54, 1.807) is 36.1 Å². The fraction of sp³-hybridized carbons (Fsp3) is 0.455. The van der Waals surface area contributed by atoms with Crippen LogP contribution in [0.4, 0.5) is 23.5 Å². The van der Waals surface area contributed by atoms with Gasteiger partial charge < -0.3 is 14.6 Å². The van der Waals surface area contributed by atoms with Crippen molar-refractivity contribution < 1.29 is 22.3 Å². The molecule has 34 heavy (non-hydrogen) atoms. The zero-order chi connectivity index (χ0) is 23.8. The lowest BCUT2D eigenvalue weighted by Crippen LogP contribution is -2.31. The summed E-state index contributed by atoms with van der Waals surface area (Å²) in [5.41, 5.74) is 3.25. The van der Waals surface area contributed by atoms with Gasteiger partial charge in [-0.3, -0.25) is 0 Å². The number of rotatable bonds is 7. The Morgan fingerprint density at radius 3 is 2.62 bits per heavy atom. The summed E-state index contributed by atoms with van der Waals surface area (Å²) in [7, 11) is 0. The summed E-state index contributed by atoms with van der Waals surface area (Å²) in [6.07, 6.45) is 4.69. The standard InChI is InChI=1S/C22H23F4N7O/c1-12-29-20-17(32(12)11-19(23)24)8-13(9-27-20)16-6-7-33-18(16)10-28-22(31-33)30-14-2-4-15(5-3-14)34-21(25)26/h6-10,14-15,19,21H,2-5,11H2,1H3,(H,30,31)/t14-,15+. The van der Waals surface area contributed by atoms with Crippen LogP contribution in [-0.4, -0.2) is 54.3 Å². The summed E-state index contributed by atoms with van der Waals surface area (Å²) >= 11 is 0. The predicted molar refractivity (Wildman–Crippen MR) is 117 cm³/mol. The molecular weight excluding hydrogens is 454 g/mol. The maximum absolute atomic E-state index is 13.0. The lowest BCUT2D eigenvalue weighted by atomic mass is 9.93. The van der Waals surface area contributed by atoms with E-state index in [9.17, 15) is 17.6 Å². The van der Waals surface area contributed by atoms with Crippen molar-refractivity contribution in [1.82, 2.24) is 29.1 Å². The van der Waals surface area contributed by atoms with E-state index in [0.29, 0.717) is 48.6 Å². The van der Waals surface area contributed by atoms with Crippen LogP contribution in [0, 0.1) is 6.92 Å². The van der Waals surface area contributed by atoms with E-state index in [1.165, 1.54) is 4.57 Å². The molecule has 1 saturated carbocycles. The molecule has 0 radical (unpaired) electrons. The van der Waals surface area contributed by atoms with Gasteiger partial charge in [0.1, 0.15) is 5.82 Å². The number of anilines is 1. The summed E-state index contributed by atoms with van der Waals surface area (Å²) in [5.74, 6) is 0.919. The number of pyridine rings is 1. The number of hydrogen-bond acceptors (Lipinski definition) is 6. The van der Waals surface area contributed by atoms with Crippen LogP contribution in [0.5, 0.6) is 0 Å². The van der Waals surface area contributed by atoms with Crippen LogP contribution < -0.4 is 5.32 Å². The van der Waals surface area contributed by atoms with E-state index >= 15 is 0 Å². The molecule has 8 nitrogen and oxygen atoms in total. The van der Waals surface area contributed by atoms with Crippen molar-refractivity contribution in [2.75, 3.05) is 5.32 Å². The average molecular weight is 477 g/mol. The minimum Gasteiger partial charge on any atom is -0.350 e. The van der Waals surface area contributed by atoms with Crippen LogP contribution in [0.15, 0.2) is 30.7 Å². The summed E-state index contributed by atoms with van der Waals surface area (Å²) < 4.78 is 58.6. The largest absolute Gasteiger partial charge is 0.350 e. The van der Waals surface area contributed by atoms with Gasteiger partial charge in [-0.1, -0.05) is 0 Å². The third-order valence-corrected chi connectivity index (χ3v) is 6.15. The fourth-order valence-corrected chi connectivity index (χ4v) is 4.52. The van der Waals surface area contributed by atoms with Gasteiger partial charge >= 0.3 is 6.61 Å². The Bertz CT molecular complexity index is 1300. The van der Waals surface area contributed by atoms with E-state index in [2.05, 4.69) is 30.1 Å². The minimum absolute atomic E-state index is 0.0787. The summed E-state index contributed by atoms with van der Waals surface area (Å²) in [6.45, 7) is -1.51. The Kier molecular flexibility index (Phi) is 6.07. The quantitative estimate of drug-likeness (QED) is 0.390. The van der Waals surface area contributed by atoms with Gasteiger partial charge in [0.25, 0.3) is 6.43 Å². The second kappa shape index (κ2) is 9.16. The minimum atomic E-state index is -2.74. The molecule has 0 bridgehead atoms. The van der Waals surface area contributed by atoms with Gasteiger partial charge in [0, 0.05) is 29.6 Å². The Labute approximate surface area is 192 Å². The smallest absolute Gasteiger partial charge is 0.345 e. The molecule has 1 aliphatic rings. The van der Waals surface area contributed by atoms with E-state index in [0.717, 1.165) is 16.6 Å². The molecule has 0 aromatic carbocycles. The van der Waals surface area contributed by atoms with Gasteiger partial charge in [0.2, 0.25) is 5.95 Å².